The van der Waals surface area contributed by atoms with Crippen LogP contribution in [-0.4, -0.2) is 56.1 Å². The van der Waals surface area contributed by atoms with E-state index in [1.54, 1.807) is 0 Å². The van der Waals surface area contributed by atoms with E-state index in [2.05, 4.69) is 31.7 Å². The maximum absolute atomic E-state index is 13.5. The SMILES string of the molecule is C=C(CN1CCC(F)CC1)n1cc(-c2ccccc2NC(=O)c2cnc3ccccc3n2)[nH]c1=S. The molecule has 35 heavy (non-hydrogen) atoms. The summed E-state index contributed by atoms with van der Waals surface area (Å²) in [5.74, 6) is -0.352. The zero-order chi connectivity index (χ0) is 24.4. The van der Waals surface area contributed by atoms with Crippen molar-refractivity contribution < 1.29 is 9.18 Å². The number of para-hydroxylation sites is 3. The van der Waals surface area contributed by atoms with Gasteiger partial charge in [-0.1, -0.05) is 36.9 Å². The number of likely N-dealkylation sites (tertiary alicyclic amines) is 1. The molecule has 0 atom stereocenters. The number of aromatic amines is 1. The zero-order valence-electron chi connectivity index (χ0n) is 19.1. The fourth-order valence-electron chi connectivity index (χ4n) is 4.24. The maximum atomic E-state index is 13.5. The molecule has 4 aromatic rings. The lowest BCUT2D eigenvalue weighted by Gasteiger charge is -2.29. The van der Waals surface area contributed by atoms with E-state index in [0.717, 1.165) is 22.5 Å². The van der Waals surface area contributed by atoms with Crippen molar-refractivity contribution in [1.82, 2.24) is 24.4 Å². The van der Waals surface area contributed by atoms with Gasteiger partial charge in [-0.2, -0.15) is 0 Å². The number of nitrogens with one attached hydrogen (secondary N) is 2. The summed E-state index contributed by atoms with van der Waals surface area (Å²) in [6.07, 6.45) is 3.73. The van der Waals surface area contributed by atoms with Crippen molar-refractivity contribution in [3.63, 3.8) is 0 Å². The van der Waals surface area contributed by atoms with Crippen LogP contribution in [0.25, 0.3) is 28.0 Å². The standard InChI is InChI=1S/C26H25FN6OS/c1-17(15-32-12-10-18(27)11-13-32)33-16-24(31-26(33)35)19-6-2-3-7-20(19)30-25(34)23-14-28-21-8-4-5-9-22(21)29-23/h2-9,14,16,18H,1,10-13,15H2,(H,30,34)(H,31,35). The van der Waals surface area contributed by atoms with Crippen LogP contribution < -0.4 is 5.32 Å². The monoisotopic (exact) mass is 488 g/mol. The molecule has 2 aromatic heterocycles. The van der Waals surface area contributed by atoms with Crippen molar-refractivity contribution in [3.05, 3.63) is 78.0 Å². The fraction of sp³-hybridized carbons (Fsp3) is 0.231. The Kier molecular flexibility index (Phi) is 6.52. The number of hydrogen-bond donors (Lipinski definition) is 2. The van der Waals surface area contributed by atoms with Gasteiger partial charge in [0.25, 0.3) is 5.91 Å². The van der Waals surface area contributed by atoms with E-state index in [1.807, 2.05) is 59.3 Å². The summed E-state index contributed by atoms with van der Waals surface area (Å²) in [4.78, 5) is 27.1. The fourth-order valence-corrected chi connectivity index (χ4v) is 4.53. The second kappa shape index (κ2) is 9.89. The van der Waals surface area contributed by atoms with Gasteiger partial charge in [0.15, 0.2) is 4.77 Å². The number of rotatable bonds is 6. The molecule has 0 unspecified atom stereocenters. The van der Waals surface area contributed by atoms with Crippen molar-refractivity contribution in [2.45, 2.75) is 19.0 Å². The van der Waals surface area contributed by atoms with Gasteiger partial charge in [0.2, 0.25) is 0 Å². The Labute approximate surface area is 207 Å². The first-order valence-electron chi connectivity index (χ1n) is 11.5. The molecule has 1 saturated heterocycles. The number of aromatic nitrogens is 4. The number of hydrogen-bond acceptors (Lipinski definition) is 5. The summed E-state index contributed by atoms with van der Waals surface area (Å²) < 4.78 is 15.8. The number of fused-ring (bicyclic) bond motifs is 1. The molecule has 1 aliphatic rings. The Morgan fingerprint density at radius 2 is 1.86 bits per heavy atom. The molecule has 7 nitrogen and oxygen atoms in total. The lowest BCUT2D eigenvalue weighted by molar-refractivity contribution is 0.102. The molecule has 2 N–H and O–H groups in total. The molecular weight excluding hydrogens is 463 g/mol. The molecule has 0 aliphatic carbocycles. The van der Waals surface area contributed by atoms with Crippen LogP contribution in [0.1, 0.15) is 23.3 Å². The van der Waals surface area contributed by atoms with Crippen LogP contribution in [0.2, 0.25) is 0 Å². The van der Waals surface area contributed by atoms with E-state index >= 15 is 0 Å². The molecule has 5 rings (SSSR count). The number of H-pyrrole nitrogens is 1. The van der Waals surface area contributed by atoms with E-state index in [9.17, 15) is 9.18 Å². The first-order valence-corrected chi connectivity index (χ1v) is 11.9. The van der Waals surface area contributed by atoms with Crippen LogP contribution >= 0.6 is 12.2 Å². The number of nitrogens with zero attached hydrogens (tertiary/aromatic N) is 4. The summed E-state index contributed by atoms with van der Waals surface area (Å²) in [7, 11) is 0. The number of imidazole rings is 1. The number of amides is 1. The Hall–Kier alpha value is -3.69. The Balaban J connectivity index is 1.36. The highest BCUT2D eigenvalue weighted by Crippen LogP contribution is 2.28. The summed E-state index contributed by atoms with van der Waals surface area (Å²) in [6, 6.07) is 14.9. The normalized spacial score (nSPS) is 14.8. The largest absolute Gasteiger partial charge is 0.330 e. The molecule has 1 fully saturated rings. The number of piperidine rings is 1. The van der Waals surface area contributed by atoms with Crippen LogP contribution in [0.15, 0.2) is 67.5 Å². The van der Waals surface area contributed by atoms with Gasteiger partial charge in [-0.3, -0.25) is 19.2 Å². The molecule has 9 heteroatoms. The first-order chi connectivity index (χ1) is 17.0. The van der Waals surface area contributed by atoms with Crippen LogP contribution in [0.4, 0.5) is 10.1 Å². The topological polar surface area (TPSA) is 78.8 Å². The third kappa shape index (κ3) is 5.06. The number of carbonyl (C=O) groups is 1. The van der Waals surface area contributed by atoms with Gasteiger partial charge < -0.3 is 10.3 Å². The minimum absolute atomic E-state index is 0.231. The average molecular weight is 489 g/mol. The highest BCUT2D eigenvalue weighted by Gasteiger charge is 2.20. The second-order valence-corrected chi connectivity index (χ2v) is 8.99. The molecule has 1 amide bonds. The lowest BCUT2D eigenvalue weighted by atomic mass is 10.1. The van der Waals surface area contributed by atoms with E-state index in [1.165, 1.54) is 6.20 Å². The highest BCUT2D eigenvalue weighted by molar-refractivity contribution is 7.71. The summed E-state index contributed by atoms with van der Waals surface area (Å²) >= 11 is 5.55. The number of benzene rings is 2. The molecule has 0 radical (unpaired) electrons. The van der Waals surface area contributed by atoms with Gasteiger partial charge in [0, 0.05) is 37.1 Å². The predicted octanol–water partition coefficient (Wildman–Crippen LogP) is 5.31. The van der Waals surface area contributed by atoms with Crippen LogP contribution in [-0.2, 0) is 0 Å². The van der Waals surface area contributed by atoms with Crippen LogP contribution in [0, 0.1) is 4.77 Å². The number of alkyl halides is 1. The molecule has 3 heterocycles. The van der Waals surface area contributed by atoms with Gasteiger partial charge >= 0.3 is 0 Å². The third-order valence-electron chi connectivity index (χ3n) is 6.13. The average Bonchev–Trinajstić information content (AvgIpc) is 3.27. The van der Waals surface area contributed by atoms with E-state index < -0.39 is 6.17 Å². The summed E-state index contributed by atoms with van der Waals surface area (Å²) in [5, 5.41) is 2.95. The van der Waals surface area contributed by atoms with Crippen molar-refractivity contribution in [2.24, 2.45) is 0 Å². The minimum Gasteiger partial charge on any atom is -0.330 e. The smallest absolute Gasteiger partial charge is 0.275 e. The number of anilines is 1. The molecule has 2 aromatic carbocycles. The highest BCUT2D eigenvalue weighted by atomic mass is 32.1. The van der Waals surface area contributed by atoms with Crippen molar-refractivity contribution in [3.8, 4) is 11.3 Å². The molecule has 0 bridgehead atoms. The van der Waals surface area contributed by atoms with E-state index in [0.29, 0.717) is 48.5 Å². The van der Waals surface area contributed by atoms with Gasteiger partial charge in [-0.15, -0.1) is 0 Å². The van der Waals surface area contributed by atoms with Crippen LogP contribution in [0.5, 0.6) is 0 Å². The second-order valence-electron chi connectivity index (χ2n) is 8.60. The van der Waals surface area contributed by atoms with Crippen molar-refractivity contribution in [1.29, 1.82) is 0 Å². The van der Waals surface area contributed by atoms with Crippen molar-refractivity contribution >= 4 is 40.5 Å². The van der Waals surface area contributed by atoms with Crippen molar-refractivity contribution in [2.75, 3.05) is 25.0 Å². The van der Waals surface area contributed by atoms with E-state index in [4.69, 9.17) is 12.2 Å². The number of halogens is 1. The predicted molar refractivity (Wildman–Crippen MR) is 138 cm³/mol. The minimum atomic E-state index is -0.715. The van der Waals surface area contributed by atoms with Gasteiger partial charge in [-0.05, 0) is 43.3 Å². The Morgan fingerprint density at radius 1 is 1.14 bits per heavy atom. The molecular formula is C26H25FN6OS. The molecule has 0 spiro atoms. The zero-order valence-corrected chi connectivity index (χ0v) is 19.9. The van der Waals surface area contributed by atoms with Gasteiger partial charge in [-0.25, -0.2) is 9.37 Å². The Morgan fingerprint density at radius 3 is 2.66 bits per heavy atom. The molecule has 178 valence electrons. The quantitative estimate of drug-likeness (QED) is 0.360. The van der Waals surface area contributed by atoms with Gasteiger partial charge in [0.05, 0.1) is 28.6 Å². The maximum Gasteiger partial charge on any atom is 0.275 e. The number of carbonyl (C=O) groups excluding carboxylic acids is 1. The third-order valence-corrected chi connectivity index (χ3v) is 6.43. The van der Waals surface area contributed by atoms with E-state index in [-0.39, 0.29) is 11.6 Å². The molecule has 1 aliphatic heterocycles. The summed E-state index contributed by atoms with van der Waals surface area (Å²) in [6.45, 7) is 6.22. The Bertz CT molecular complexity index is 1450. The first kappa shape index (κ1) is 23.1. The molecule has 0 saturated carbocycles. The lowest BCUT2D eigenvalue weighted by Crippen LogP contribution is -2.35. The summed E-state index contributed by atoms with van der Waals surface area (Å²) in [5.41, 5.74) is 4.57. The van der Waals surface area contributed by atoms with Gasteiger partial charge in [0.1, 0.15) is 11.9 Å². The van der Waals surface area contributed by atoms with Crippen LogP contribution in [0.3, 0.4) is 0 Å².